The molecule has 2 aromatic rings. The predicted molar refractivity (Wildman–Crippen MR) is 58.2 cm³/mol. The summed E-state index contributed by atoms with van der Waals surface area (Å²) in [6.07, 6.45) is 0. The molecule has 0 spiro atoms. The van der Waals surface area contributed by atoms with Gasteiger partial charge in [-0.15, -0.1) is 0 Å². The summed E-state index contributed by atoms with van der Waals surface area (Å²) in [4.78, 5) is 11.2. The van der Waals surface area contributed by atoms with Gasteiger partial charge in [-0.05, 0) is 24.6 Å². The van der Waals surface area contributed by atoms with Gasteiger partial charge in [-0.3, -0.25) is 0 Å². The SMILES string of the molecule is COc1ccc2c(C)cc(=O)oc2c1N. The summed E-state index contributed by atoms with van der Waals surface area (Å²) >= 11 is 0. The molecule has 0 fully saturated rings. The lowest BCUT2D eigenvalue weighted by molar-refractivity contribution is 0.416. The van der Waals surface area contributed by atoms with Crippen LogP contribution < -0.4 is 16.1 Å². The number of aryl methyl sites for hydroxylation is 1. The third-order valence-electron chi connectivity index (χ3n) is 2.34. The summed E-state index contributed by atoms with van der Waals surface area (Å²) in [6.45, 7) is 1.84. The molecule has 4 nitrogen and oxygen atoms in total. The molecule has 0 amide bonds. The second-order valence-corrected chi connectivity index (χ2v) is 3.31. The van der Waals surface area contributed by atoms with Crippen molar-refractivity contribution in [3.05, 3.63) is 34.2 Å². The largest absolute Gasteiger partial charge is 0.494 e. The average molecular weight is 205 g/mol. The molecule has 0 unspecified atom stereocenters. The van der Waals surface area contributed by atoms with Crippen molar-refractivity contribution in [3.63, 3.8) is 0 Å². The number of ether oxygens (including phenoxy) is 1. The number of anilines is 1. The molecule has 0 atom stereocenters. The standard InChI is InChI=1S/C11H11NO3/c1-6-5-9(13)15-11-7(6)3-4-8(14-2)10(11)12/h3-5H,12H2,1-2H3. The molecule has 0 bridgehead atoms. The molecular weight excluding hydrogens is 194 g/mol. The van der Waals surface area contributed by atoms with Crippen molar-refractivity contribution in [2.45, 2.75) is 6.92 Å². The van der Waals surface area contributed by atoms with Crippen LogP contribution in [0.25, 0.3) is 11.0 Å². The Morgan fingerprint density at radius 2 is 2.13 bits per heavy atom. The Labute approximate surface area is 86.3 Å². The highest BCUT2D eigenvalue weighted by molar-refractivity contribution is 5.92. The predicted octanol–water partition coefficient (Wildman–Crippen LogP) is 1.69. The third-order valence-corrected chi connectivity index (χ3v) is 2.34. The maximum atomic E-state index is 11.2. The first-order chi connectivity index (χ1) is 7.13. The molecule has 0 aliphatic rings. The summed E-state index contributed by atoms with van der Waals surface area (Å²) in [7, 11) is 1.52. The monoisotopic (exact) mass is 205 g/mol. The molecule has 78 valence electrons. The number of hydrogen-bond donors (Lipinski definition) is 1. The van der Waals surface area contributed by atoms with Crippen LogP contribution in [0, 0.1) is 6.92 Å². The molecule has 0 aliphatic carbocycles. The van der Waals surface area contributed by atoms with Crippen molar-refractivity contribution < 1.29 is 9.15 Å². The maximum absolute atomic E-state index is 11.2. The van der Waals surface area contributed by atoms with Crippen LogP contribution in [-0.2, 0) is 0 Å². The lowest BCUT2D eigenvalue weighted by atomic mass is 10.1. The molecule has 1 aromatic carbocycles. The van der Waals surface area contributed by atoms with E-state index in [-0.39, 0.29) is 0 Å². The van der Waals surface area contributed by atoms with Gasteiger partial charge in [0.05, 0.1) is 7.11 Å². The van der Waals surface area contributed by atoms with Crippen molar-refractivity contribution in [1.82, 2.24) is 0 Å². The number of rotatable bonds is 1. The Morgan fingerprint density at radius 3 is 2.80 bits per heavy atom. The van der Waals surface area contributed by atoms with Gasteiger partial charge < -0.3 is 14.9 Å². The summed E-state index contributed by atoms with van der Waals surface area (Å²) in [5.41, 5.74) is 7.00. The third kappa shape index (κ3) is 1.44. The number of fused-ring (bicyclic) bond motifs is 1. The number of methoxy groups -OCH3 is 1. The van der Waals surface area contributed by atoms with Gasteiger partial charge in [0.1, 0.15) is 11.4 Å². The Morgan fingerprint density at radius 1 is 1.40 bits per heavy atom. The van der Waals surface area contributed by atoms with Gasteiger partial charge >= 0.3 is 5.63 Å². The van der Waals surface area contributed by atoms with E-state index in [4.69, 9.17) is 14.9 Å². The highest BCUT2D eigenvalue weighted by atomic mass is 16.5. The Hall–Kier alpha value is -1.97. The van der Waals surface area contributed by atoms with Crippen LogP contribution in [0.4, 0.5) is 5.69 Å². The zero-order valence-electron chi connectivity index (χ0n) is 8.53. The van der Waals surface area contributed by atoms with Gasteiger partial charge in [-0.25, -0.2) is 4.79 Å². The van der Waals surface area contributed by atoms with Crippen molar-refractivity contribution in [2.75, 3.05) is 12.8 Å². The molecule has 1 heterocycles. The van der Waals surface area contributed by atoms with Gasteiger partial charge in [0.25, 0.3) is 0 Å². The van der Waals surface area contributed by atoms with Crippen LogP contribution in [0.3, 0.4) is 0 Å². The van der Waals surface area contributed by atoms with E-state index in [1.165, 1.54) is 13.2 Å². The minimum atomic E-state index is -0.403. The minimum absolute atomic E-state index is 0.357. The summed E-state index contributed by atoms with van der Waals surface area (Å²) in [5.74, 6) is 0.510. The number of benzene rings is 1. The Balaban J connectivity index is 2.92. The molecule has 0 aliphatic heterocycles. The first kappa shape index (κ1) is 9.58. The number of nitrogen functional groups attached to an aromatic ring is 1. The highest BCUT2D eigenvalue weighted by Gasteiger charge is 2.09. The van der Waals surface area contributed by atoms with E-state index in [0.29, 0.717) is 17.0 Å². The fraction of sp³-hybridized carbons (Fsp3) is 0.182. The average Bonchev–Trinajstić information content (AvgIpc) is 2.19. The molecule has 2 N–H and O–H groups in total. The first-order valence-corrected chi connectivity index (χ1v) is 4.50. The van der Waals surface area contributed by atoms with Crippen LogP contribution in [0.1, 0.15) is 5.56 Å². The Bertz CT molecular complexity index is 572. The molecule has 1 aromatic heterocycles. The minimum Gasteiger partial charge on any atom is -0.494 e. The topological polar surface area (TPSA) is 65.5 Å². The van der Waals surface area contributed by atoms with E-state index in [0.717, 1.165) is 10.9 Å². The first-order valence-electron chi connectivity index (χ1n) is 4.50. The van der Waals surface area contributed by atoms with E-state index in [1.54, 1.807) is 6.07 Å². The summed E-state index contributed by atoms with van der Waals surface area (Å²) in [6, 6.07) is 5.02. The van der Waals surface area contributed by atoms with Gasteiger partial charge in [0.2, 0.25) is 0 Å². The van der Waals surface area contributed by atoms with E-state index in [2.05, 4.69) is 0 Å². The van der Waals surface area contributed by atoms with Crippen molar-refractivity contribution in [3.8, 4) is 5.75 Å². The number of nitrogens with two attached hydrogens (primary N) is 1. The Kier molecular flexibility index (Phi) is 2.11. The second-order valence-electron chi connectivity index (χ2n) is 3.31. The fourth-order valence-corrected chi connectivity index (χ4v) is 1.56. The lowest BCUT2D eigenvalue weighted by Crippen LogP contribution is -2.01. The zero-order chi connectivity index (χ0) is 11.0. The van der Waals surface area contributed by atoms with Crippen molar-refractivity contribution >= 4 is 16.7 Å². The van der Waals surface area contributed by atoms with Crippen LogP contribution >= 0.6 is 0 Å². The van der Waals surface area contributed by atoms with Gasteiger partial charge in [0, 0.05) is 11.5 Å². The van der Waals surface area contributed by atoms with Gasteiger partial charge in [-0.2, -0.15) is 0 Å². The fourth-order valence-electron chi connectivity index (χ4n) is 1.56. The van der Waals surface area contributed by atoms with Crippen LogP contribution in [0.2, 0.25) is 0 Å². The van der Waals surface area contributed by atoms with Crippen LogP contribution in [0.15, 0.2) is 27.4 Å². The summed E-state index contributed by atoms with van der Waals surface area (Å²) in [5, 5.41) is 0.827. The molecule has 15 heavy (non-hydrogen) atoms. The lowest BCUT2D eigenvalue weighted by Gasteiger charge is -2.07. The molecule has 4 heteroatoms. The molecule has 0 saturated heterocycles. The van der Waals surface area contributed by atoms with Crippen LogP contribution in [-0.4, -0.2) is 7.11 Å². The quantitative estimate of drug-likeness (QED) is 0.568. The molecule has 2 rings (SSSR count). The highest BCUT2D eigenvalue weighted by Crippen LogP contribution is 2.30. The van der Waals surface area contributed by atoms with Gasteiger partial charge in [-0.1, -0.05) is 0 Å². The van der Waals surface area contributed by atoms with Crippen molar-refractivity contribution in [2.24, 2.45) is 0 Å². The van der Waals surface area contributed by atoms with E-state index in [9.17, 15) is 4.79 Å². The molecule has 0 radical (unpaired) electrons. The maximum Gasteiger partial charge on any atom is 0.336 e. The smallest absolute Gasteiger partial charge is 0.336 e. The number of hydrogen-bond acceptors (Lipinski definition) is 4. The van der Waals surface area contributed by atoms with Gasteiger partial charge in [0.15, 0.2) is 5.58 Å². The second kappa shape index (κ2) is 3.31. The van der Waals surface area contributed by atoms with E-state index < -0.39 is 5.63 Å². The molecular formula is C11H11NO3. The summed E-state index contributed by atoms with van der Waals surface area (Å²) < 4.78 is 10.1. The molecule has 0 saturated carbocycles. The zero-order valence-corrected chi connectivity index (χ0v) is 8.53. The normalized spacial score (nSPS) is 10.5. The van der Waals surface area contributed by atoms with Crippen LogP contribution in [0.5, 0.6) is 5.75 Å². The van der Waals surface area contributed by atoms with E-state index >= 15 is 0 Å². The van der Waals surface area contributed by atoms with Crippen molar-refractivity contribution in [1.29, 1.82) is 0 Å². The van der Waals surface area contributed by atoms with E-state index in [1.807, 2.05) is 13.0 Å².